The average Bonchev–Trinajstić information content (AvgIpc) is 3.24. The van der Waals surface area contributed by atoms with Gasteiger partial charge >= 0.3 is 0 Å². The molecule has 0 N–H and O–H groups in total. The van der Waals surface area contributed by atoms with Crippen LogP contribution >= 0.6 is 0 Å². The summed E-state index contributed by atoms with van der Waals surface area (Å²) < 4.78 is 32.8. The highest BCUT2D eigenvalue weighted by Crippen LogP contribution is 2.30. The molecule has 0 bridgehead atoms. The number of nitrogens with zero attached hydrogens (tertiary/aromatic N) is 5. The third-order valence-electron chi connectivity index (χ3n) is 4.82. The molecule has 2 aliphatic heterocycles. The van der Waals surface area contributed by atoms with Crippen molar-refractivity contribution >= 4 is 11.5 Å². The first-order chi connectivity index (χ1) is 11.2. The Morgan fingerprint density at radius 1 is 1.13 bits per heavy atom. The summed E-state index contributed by atoms with van der Waals surface area (Å²) >= 11 is 0. The minimum Gasteiger partial charge on any atom is -0.378 e. The molecule has 2 fully saturated rings. The zero-order valence-electron chi connectivity index (χ0n) is 12.7. The number of anilines is 1. The summed E-state index contributed by atoms with van der Waals surface area (Å²) in [7, 11) is 0. The smallest absolute Gasteiger partial charge is 0.299 e. The Kier molecular flexibility index (Phi) is 3.84. The molecule has 4 heterocycles. The van der Waals surface area contributed by atoms with Crippen LogP contribution in [-0.2, 0) is 4.74 Å². The molecule has 4 rings (SSSR count). The van der Waals surface area contributed by atoms with Crippen molar-refractivity contribution in [2.45, 2.75) is 38.2 Å². The van der Waals surface area contributed by atoms with E-state index < -0.39 is 12.2 Å². The highest BCUT2D eigenvalue weighted by molar-refractivity contribution is 5.46. The third kappa shape index (κ3) is 2.75. The van der Waals surface area contributed by atoms with E-state index >= 15 is 0 Å². The molecule has 0 radical (unpaired) electrons. The predicted octanol–water partition coefficient (Wildman–Crippen LogP) is 2.46. The first-order valence-corrected chi connectivity index (χ1v) is 8.09. The number of hydrogen-bond donors (Lipinski definition) is 0. The topological polar surface area (TPSA) is 55.5 Å². The summed E-state index contributed by atoms with van der Waals surface area (Å²) in [5, 5.41) is 11.5. The maximum absolute atomic E-state index is 12.9. The second kappa shape index (κ2) is 5.99. The molecule has 2 aromatic heterocycles. The van der Waals surface area contributed by atoms with Crippen molar-refractivity contribution in [1.82, 2.24) is 19.8 Å². The summed E-state index contributed by atoms with van der Waals surface area (Å²) in [6.45, 7) is 2.62. The fraction of sp³-hybridized carbons (Fsp3) is 0.667. The van der Waals surface area contributed by atoms with Gasteiger partial charge in [0.15, 0.2) is 5.65 Å². The van der Waals surface area contributed by atoms with Crippen molar-refractivity contribution in [3.05, 3.63) is 18.0 Å². The molecule has 23 heavy (non-hydrogen) atoms. The molecule has 0 spiro atoms. The van der Waals surface area contributed by atoms with Crippen LogP contribution in [0.25, 0.3) is 5.65 Å². The van der Waals surface area contributed by atoms with Gasteiger partial charge in [-0.3, -0.25) is 0 Å². The second-order valence-electron chi connectivity index (χ2n) is 6.20. The number of piperidine rings is 1. The molecule has 2 saturated heterocycles. The van der Waals surface area contributed by atoms with E-state index in [4.69, 9.17) is 4.74 Å². The quantitative estimate of drug-likeness (QED) is 0.868. The first-order valence-electron chi connectivity index (χ1n) is 8.09. The fourth-order valence-corrected chi connectivity index (χ4v) is 3.58. The van der Waals surface area contributed by atoms with Crippen LogP contribution in [-0.4, -0.2) is 45.6 Å². The van der Waals surface area contributed by atoms with Crippen LogP contribution in [0.15, 0.2) is 12.1 Å². The van der Waals surface area contributed by atoms with Crippen molar-refractivity contribution in [1.29, 1.82) is 0 Å². The standard InChI is InChI=1S/C15H19F2N5O/c16-14(17)15-19-18-12-3-4-13(20-22(12)15)21-7-5-10(6-8-21)11-2-1-9-23-11/h3-4,10-11,14H,1-2,5-9H2. The Balaban J connectivity index is 1.50. The lowest BCUT2D eigenvalue weighted by atomic mass is 9.90. The van der Waals surface area contributed by atoms with Gasteiger partial charge in [0.1, 0.15) is 5.82 Å². The van der Waals surface area contributed by atoms with Crippen LogP contribution in [0.5, 0.6) is 0 Å². The SMILES string of the molecule is FC(F)c1nnc2ccc(N3CCC(C4CCCO4)CC3)nn12. The van der Waals surface area contributed by atoms with Crippen molar-refractivity contribution in [3.8, 4) is 0 Å². The predicted molar refractivity (Wildman–Crippen MR) is 79.7 cm³/mol. The molecule has 0 amide bonds. The van der Waals surface area contributed by atoms with Crippen molar-refractivity contribution in [2.24, 2.45) is 5.92 Å². The molecule has 0 aliphatic carbocycles. The normalized spacial score (nSPS) is 23.3. The largest absolute Gasteiger partial charge is 0.378 e. The van der Waals surface area contributed by atoms with Gasteiger partial charge in [0.05, 0.1) is 6.10 Å². The van der Waals surface area contributed by atoms with E-state index in [2.05, 4.69) is 20.2 Å². The molecule has 2 aromatic rings. The number of ether oxygens (including phenoxy) is 1. The lowest BCUT2D eigenvalue weighted by Gasteiger charge is -2.34. The first kappa shape index (κ1) is 14.7. The monoisotopic (exact) mass is 323 g/mol. The Labute approximate surface area is 132 Å². The number of rotatable bonds is 3. The molecular formula is C15H19F2N5O. The van der Waals surface area contributed by atoms with Gasteiger partial charge in [-0.05, 0) is 43.7 Å². The van der Waals surface area contributed by atoms with Gasteiger partial charge in [-0.25, -0.2) is 8.78 Å². The van der Waals surface area contributed by atoms with Crippen LogP contribution in [0, 0.1) is 5.92 Å². The minimum absolute atomic E-state index is 0.346. The van der Waals surface area contributed by atoms with Gasteiger partial charge in [-0.2, -0.15) is 4.52 Å². The summed E-state index contributed by atoms with van der Waals surface area (Å²) in [6, 6.07) is 3.51. The number of alkyl halides is 2. The Morgan fingerprint density at radius 2 is 1.96 bits per heavy atom. The summed E-state index contributed by atoms with van der Waals surface area (Å²) in [6.07, 6.45) is 2.14. The molecule has 0 saturated carbocycles. The van der Waals surface area contributed by atoms with Crippen LogP contribution in [0.4, 0.5) is 14.6 Å². The van der Waals surface area contributed by atoms with Crippen molar-refractivity contribution < 1.29 is 13.5 Å². The van der Waals surface area contributed by atoms with E-state index in [0.717, 1.165) is 49.9 Å². The molecule has 0 aromatic carbocycles. The van der Waals surface area contributed by atoms with Crippen LogP contribution in [0.2, 0.25) is 0 Å². The van der Waals surface area contributed by atoms with Gasteiger partial charge in [-0.1, -0.05) is 0 Å². The summed E-state index contributed by atoms with van der Waals surface area (Å²) in [5.74, 6) is 0.894. The molecule has 8 heteroatoms. The molecular weight excluding hydrogens is 304 g/mol. The number of aromatic nitrogens is 4. The second-order valence-corrected chi connectivity index (χ2v) is 6.20. The molecule has 1 unspecified atom stereocenters. The van der Waals surface area contributed by atoms with Crippen molar-refractivity contribution in [2.75, 3.05) is 24.6 Å². The number of halogens is 2. The Bertz CT molecular complexity index is 678. The molecule has 124 valence electrons. The van der Waals surface area contributed by atoms with E-state index in [9.17, 15) is 8.78 Å². The fourth-order valence-electron chi connectivity index (χ4n) is 3.58. The number of fused-ring (bicyclic) bond motifs is 1. The van der Waals surface area contributed by atoms with Gasteiger partial charge < -0.3 is 9.64 Å². The molecule has 2 aliphatic rings. The van der Waals surface area contributed by atoms with E-state index in [1.807, 2.05) is 6.07 Å². The van der Waals surface area contributed by atoms with Gasteiger partial charge in [0.2, 0.25) is 5.82 Å². The van der Waals surface area contributed by atoms with Crippen molar-refractivity contribution in [3.63, 3.8) is 0 Å². The van der Waals surface area contributed by atoms with Crippen LogP contribution in [0.3, 0.4) is 0 Å². The average molecular weight is 323 g/mol. The lowest BCUT2D eigenvalue weighted by Crippen LogP contribution is -2.38. The van der Waals surface area contributed by atoms with E-state index in [1.165, 1.54) is 0 Å². The minimum atomic E-state index is -2.68. The summed E-state index contributed by atoms with van der Waals surface area (Å²) in [4.78, 5) is 2.14. The van der Waals surface area contributed by atoms with Gasteiger partial charge in [0, 0.05) is 19.7 Å². The van der Waals surface area contributed by atoms with Gasteiger partial charge in [0.25, 0.3) is 6.43 Å². The zero-order valence-corrected chi connectivity index (χ0v) is 12.7. The highest BCUT2D eigenvalue weighted by atomic mass is 19.3. The maximum atomic E-state index is 12.9. The number of hydrogen-bond acceptors (Lipinski definition) is 5. The molecule has 1 atom stereocenters. The van der Waals surface area contributed by atoms with Crippen LogP contribution < -0.4 is 4.90 Å². The zero-order chi connectivity index (χ0) is 15.8. The van der Waals surface area contributed by atoms with Gasteiger partial charge in [-0.15, -0.1) is 15.3 Å². The Morgan fingerprint density at radius 3 is 2.65 bits per heavy atom. The van der Waals surface area contributed by atoms with E-state index in [-0.39, 0.29) is 0 Å². The maximum Gasteiger partial charge on any atom is 0.299 e. The van der Waals surface area contributed by atoms with E-state index in [1.54, 1.807) is 6.07 Å². The third-order valence-corrected chi connectivity index (χ3v) is 4.82. The van der Waals surface area contributed by atoms with Crippen LogP contribution in [0.1, 0.15) is 37.9 Å². The molecule has 6 nitrogen and oxygen atoms in total. The lowest BCUT2D eigenvalue weighted by molar-refractivity contribution is 0.0531. The van der Waals surface area contributed by atoms with E-state index in [0.29, 0.717) is 23.5 Å². The summed E-state index contributed by atoms with van der Waals surface area (Å²) in [5.41, 5.74) is 0.346. The Hall–Kier alpha value is -1.83. The highest BCUT2D eigenvalue weighted by Gasteiger charge is 2.30.